The Morgan fingerprint density at radius 1 is 1.37 bits per heavy atom. The van der Waals surface area contributed by atoms with Crippen molar-refractivity contribution in [1.82, 2.24) is 15.6 Å². The highest BCUT2D eigenvalue weighted by molar-refractivity contribution is 7.98. The molecular formula is C12H12N4O2S. The van der Waals surface area contributed by atoms with Gasteiger partial charge in [0.2, 0.25) is 0 Å². The molecule has 3 aromatic carbocycles. The highest BCUT2D eigenvalue weighted by atomic mass is 32.2. The van der Waals surface area contributed by atoms with E-state index in [1.807, 2.05) is 17.2 Å². The van der Waals surface area contributed by atoms with Crippen LogP contribution in [0, 0.1) is 0 Å². The number of amides is 1. The van der Waals surface area contributed by atoms with Gasteiger partial charge in [-0.15, -0.1) is 11.8 Å². The third kappa shape index (κ3) is 3.21. The van der Waals surface area contributed by atoms with Gasteiger partial charge in [0.05, 0.1) is 0 Å². The second kappa shape index (κ2) is 6.17. The van der Waals surface area contributed by atoms with Crippen molar-refractivity contribution in [2.45, 2.75) is 4.90 Å². The third-order valence-corrected chi connectivity index (χ3v) is 3.19. The molecule has 0 fully saturated rings. The van der Waals surface area contributed by atoms with E-state index in [4.69, 9.17) is 5.84 Å². The van der Waals surface area contributed by atoms with Crippen molar-refractivity contribution in [2.24, 2.45) is 5.84 Å². The molecular weight excluding hydrogens is 264 g/mol. The fourth-order valence-electron chi connectivity index (χ4n) is 1.49. The Morgan fingerprint density at radius 3 is 2.47 bits per heavy atom. The van der Waals surface area contributed by atoms with E-state index in [2.05, 4.69) is 51.3 Å². The smallest absolute Gasteiger partial charge is 0.323 e. The Kier molecular flexibility index (Phi) is 4.32. The molecule has 0 aliphatic carbocycles. The fraction of sp³-hybridized carbons (Fsp3) is 0.0833. The van der Waals surface area contributed by atoms with Gasteiger partial charge in [0.15, 0.2) is 6.33 Å². The van der Waals surface area contributed by atoms with Crippen molar-refractivity contribution < 1.29 is 9.32 Å². The molecule has 0 aliphatic heterocycles. The van der Waals surface area contributed by atoms with E-state index in [0.717, 1.165) is 6.33 Å². The quantitative estimate of drug-likeness (QED) is 0.320. The molecule has 0 saturated carbocycles. The van der Waals surface area contributed by atoms with E-state index in [-0.39, 0.29) is 5.89 Å². The van der Waals surface area contributed by atoms with E-state index >= 15 is 0 Å². The van der Waals surface area contributed by atoms with Gasteiger partial charge in [0.25, 0.3) is 0 Å². The molecule has 19 heavy (non-hydrogen) atoms. The molecule has 0 atom stereocenters. The Balaban J connectivity index is 0.000000141. The molecule has 2 bridgehead atoms. The predicted octanol–water partition coefficient (Wildman–Crippen LogP) is 1.67. The van der Waals surface area contributed by atoms with Gasteiger partial charge in [-0.25, -0.2) is 5.84 Å². The summed E-state index contributed by atoms with van der Waals surface area (Å²) in [6, 6.07) is 10.9. The molecule has 3 N–H and O–H groups in total. The monoisotopic (exact) mass is 276 g/mol. The van der Waals surface area contributed by atoms with Crippen LogP contribution in [0.5, 0.6) is 0 Å². The minimum atomic E-state index is -0.590. The van der Waals surface area contributed by atoms with E-state index < -0.39 is 5.91 Å². The van der Waals surface area contributed by atoms with E-state index in [0.29, 0.717) is 0 Å². The van der Waals surface area contributed by atoms with E-state index in [1.54, 1.807) is 0 Å². The molecule has 0 spiro atoms. The van der Waals surface area contributed by atoms with Crippen LogP contribution >= 0.6 is 11.8 Å². The molecule has 0 saturated heterocycles. The maximum atomic E-state index is 10.4. The molecule has 4 aromatic rings. The lowest BCUT2D eigenvalue weighted by Crippen LogP contribution is -2.30. The number of carbonyl (C=O) groups is 1. The number of thioether (sulfide) groups is 1. The van der Waals surface area contributed by atoms with Crippen molar-refractivity contribution in [2.75, 3.05) is 6.26 Å². The van der Waals surface area contributed by atoms with Crippen molar-refractivity contribution in [1.29, 1.82) is 0 Å². The lowest BCUT2D eigenvalue weighted by atomic mass is 10.1. The van der Waals surface area contributed by atoms with Crippen LogP contribution in [-0.2, 0) is 0 Å². The predicted molar refractivity (Wildman–Crippen MR) is 72.9 cm³/mol. The lowest BCUT2D eigenvalue weighted by Gasteiger charge is -2.02. The molecule has 7 heteroatoms. The first-order valence-electron chi connectivity index (χ1n) is 5.38. The number of nitrogens with one attached hydrogen (secondary N) is 1. The summed E-state index contributed by atoms with van der Waals surface area (Å²) in [6.07, 6.45) is 3.23. The molecule has 6 nitrogen and oxygen atoms in total. The largest absolute Gasteiger partial charge is 0.329 e. The van der Waals surface area contributed by atoms with Crippen LogP contribution in [0.1, 0.15) is 10.7 Å². The first kappa shape index (κ1) is 13.3. The van der Waals surface area contributed by atoms with Gasteiger partial charge in [-0.2, -0.15) is 4.98 Å². The van der Waals surface area contributed by atoms with Crippen LogP contribution in [0.15, 0.2) is 46.1 Å². The van der Waals surface area contributed by atoms with Gasteiger partial charge in [-0.3, -0.25) is 10.2 Å². The van der Waals surface area contributed by atoms with Crippen LogP contribution in [0.2, 0.25) is 0 Å². The first-order valence-corrected chi connectivity index (χ1v) is 6.61. The number of nitrogens with two attached hydrogens (primary N) is 1. The van der Waals surface area contributed by atoms with Crippen LogP contribution < -0.4 is 11.3 Å². The first-order chi connectivity index (χ1) is 9.24. The maximum absolute atomic E-state index is 10.4. The summed E-state index contributed by atoms with van der Waals surface area (Å²) in [4.78, 5) is 15.2. The summed E-state index contributed by atoms with van der Waals surface area (Å²) in [5.74, 6) is 4.00. The second-order valence-corrected chi connectivity index (χ2v) is 4.40. The van der Waals surface area contributed by atoms with Crippen LogP contribution in [0.25, 0.3) is 10.8 Å². The van der Waals surface area contributed by atoms with Crippen LogP contribution in [0.3, 0.4) is 0 Å². The van der Waals surface area contributed by atoms with Crippen molar-refractivity contribution >= 4 is 28.4 Å². The standard InChI is InChI=1S/C9H8S.C3H4N4O2/c1-10-9-6-7-2-4-8(9)5-3-7;4-7-2(8)3-5-1-6-9-3/h2-6H,1H3;1H,4H2,(H,7,8). The molecule has 1 amide bonds. The molecule has 0 unspecified atom stereocenters. The van der Waals surface area contributed by atoms with Gasteiger partial charge in [0, 0.05) is 4.90 Å². The zero-order chi connectivity index (χ0) is 13.7. The zero-order valence-electron chi connectivity index (χ0n) is 10.2. The molecule has 0 aliphatic rings. The van der Waals surface area contributed by atoms with E-state index in [9.17, 15) is 4.79 Å². The van der Waals surface area contributed by atoms with Crippen molar-refractivity contribution in [3.63, 3.8) is 0 Å². The molecule has 1 aromatic heterocycles. The number of hydrogen-bond donors (Lipinski definition) is 2. The van der Waals surface area contributed by atoms with Crippen LogP contribution in [-0.4, -0.2) is 22.3 Å². The van der Waals surface area contributed by atoms with Gasteiger partial charge >= 0.3 is 11.8 Å². The maximum Gasteiger partial charge on any atom is 0.323 e. The van der Waals surface area contributed by atoms with E-state index in [1.165, 1.54) is 15.7 Å². The summed E-state index contributed by atoms with van der Waals surface area (Å²) < 4.78 is 4.33. The highest BCUT2D eigenvalue weighted by Gasteiger charge is 2.07. The average Bonchev–Trinajstić information content (AvgIpc) is 3.02. The lowest BCUT2D eigenvalue weighted by molar-refractivity contribution is 0.0910. The topological polar surface area (TPSA) is 94.0 Å². The number of benzene rings is 3. The van der Waals surface area contributed by atoms with Crippen molar-refractivity contribution in [3.05, 3.63) is 42.5 Å². The average molecular weight is 276 g/mol. The molecule has 4 rings (SSSR count). The second-order valence-electron chi connectivity index (χ2n) is 3.55. The fourth-order valence-corrected chi connectivity index (χ4v) is 2.12. The number of fused-ring (bicyclic) bond motifs is 3. The van der Waals surface area contributed by atoms with Gasteiger partial charge in [0.1, 0.15) is 0 Å². The number of hydrazine groups is 1. The number of hydrogen-bond acceptors (Lipinski definition) is 6. The highest BCUT2D eigenvalue weighted by Crippen LogP contribution is 2.25. The number of nitrogens with zero attached hydrogens (tertiary/aromatic N) is 2. The third-order valence-electron chi connectivity index (χ3n) is 2.40. The Bertz CT molecular complexity index is 621. The summed E-state index contributed by atoms with van der Waals surface area (Å²) in [6.45, 7) is 0. The Labute approximate surface area is 113 Å². The minimum Gasteiger partial charge on any atom is -0.329 e. The normalized spacial score (nSPS) is 10.0. The van der Waals surface area contributed by atoms with Gasteiger partial charge < -0.3 is 4.52 Å². The Morgan fingerprint density at radius 2 is 2.11 bits per heavy atom. The van der Waals surface area contributed by atoms with Gasteiger partial charge in [-0.05, 0) is 23.1 Å². The summed E-state index contributed by atoms with van der Waals surface area (Å²) in [5.41, 5.74) is 1.83. The van der Waals surface area contributed by atoms with Gasteiger partial charge in [-0.1, -0.05) is 29.4 Å². The number of nitrogen functional groups attached to an aromatic ring is 1. The molecule has 0 radical (unpaired) electrons. The molecule has 1 heterocycles. The number of rotatable bonds is 2. The molecule has 98 valence electrons. The van der Waals surface area contributed by atoms with Crippen molar-refractivity contribution in [3.8, 4) is 0 Å². The minimum absolute atomic E-state index is 0.141. The summed E-state index contributed by atoms with van der Waals surface area (Å²) in [7, 11) is 0. The number of aromatic nitrogens is 2. The number of carbonyl (C=O) groups excluding carboxylic acids is 1. The summed E-state index contributed by atoms with van der Waals surface area (Å²) >= 11 is 1.81. The zero-order valence-corrected chi connectivity index (χ0v) is 11.0. The Hall–Kier alpha value is -2.12. The summed E-state index contributed by atoms with van der Waals surface area (Å²) in [5, 5.41) is 5.86. The SMILES string of the molecule is CSc1cc2ccc1cc2.NNC(=O)c1ncno1. The van der Waals surface area contributed by atoms with Crippen LogP contribution in [0.4, 0.5) is 0 Å².